The van der Waals surface area contributed by atoms with E-state index < -0.39 is 0 Å². The Hall–Kier alpha value is -2.31. The van der Waals surface area contributed by atoms with Crippen LogP contribution in [0.4, 0.5) is 0 Å². The highest BCUT2D eigenvalue weighted by atomic mass is 16.2. The van der Waals surface area contributed by atoms with E-state index in [1.54, 1.807) is 13.8 Å². The quantitative estimate of drug-likeness (QED) is 0.167. The van der Waals surface area contributed by atoms with Crippen LogP contribution in [0.3, 0.4) is 0 Å². The van der Waals surface area contributed by atoms with Gasteiger partial charge in [-0.2, -0.15) is 0 Å². The summed E-state index contributed by atoms with van der Waals surface area (Å²) in [5, 5.41) is 0. The summed E-state index contributed by atoms with van der Waals surface area (Å²) in [6, 6.07) is 0. The summed E-state index contributed by atoms with van der Waals surface area (Å²) in [6.07, 6.45) is 9.34. The van der Waals surface area contributed by atoms with Crippen molar-refractivity contribution in [3.8, 4) is 0 Å². The van der Waals surface area contributed by atoms with E-state index in [1.807, 2.05) is 48.5 Å². The minimum Gasteiger partial charge on any atom is -0.300 e. The molecule has 0 rings (SSSR count). The van der Waals surface area contributed by atoms with Crippen LogP contribution in [0.5, 0.6) is 0 Å². The Morgan fingerprint density at radius 3 is 0.769 bits per heavy atom. The molecule has 7 nitrogen and oxygen atoms in total. The van der Waals surface area contributed by atoms with Gasteiger partial charge in [-0.3, -0.25) is 33.6 Å². The van der Waals surface area contributed by atoms with Crippen molar-refractivity contribution in [3.63, 3.8) is 0 Å². The van der Waals surface area contributed by atoms with Gasteiger partial charge in [0, 0.05) is 77.0 Å². The van der Waals surface area contributed by atoms with Gasteiger partial charge in [0.05, 0.1) is 6.42 Å². The number of hydrogen-bond acceptors (Lipinski definition) is 7. The normalized spacial score (nSPS) is 8.97. The molecule has 230 valence electrons. The molecule has 0 atom stereocenters. The van der Waals surface area contributed by atoms with E-state index in [1.165, 1.54) is 0 Å². The van der Waals surface area contributed by atoms with Crippen LogP contribution in [-0.2, 0) is 33.6 Å². The zero-order valence-electron chi connectivity index (χ0n) is 27.0. The molecule has 0 saturated carbocycles. The summed E-state index contributed by atoms with van der Waals surface area (Å²) >= 11 is 0. The zero-order chi connectivity index (χ0) is 31.6. The van der Waals surface area contributed by atoms with E-state index in [9.17, 15) is 33.6 Å². The van der Waals surface area contributed by atoms with Crippen LogP contribution in [0, 0.1) is 0 Å². The molecule has 0 aliphatic carbocycles. The molecule has 0 N–H and O–H groups in total. The van der Waals surface area contributed by atoms with Crippen molar-refractivity contribution in [2.45, 2.75) is 166 Å². The van der Waals surface area contributed by atoms with Crippen molar-refractivity contribution in [1.82, 2.24) is 0 Å². The Kier molecular flexibility index (Phi) is 45.2. The van der Waals surface area contributed by atoms with Crippen LogP contribution in [0.25, 0.3) is 0 Å². The molecular formula is C32H60O7. The minimum absolute atomic E-state index is 0.0434. The SMILES string of the molecule is CCC(=O)CC.CCC(=O)CC.CCC(=O)CC.CCC(=O)CC(=O)CC.CCCCC(=O)CCC(=O)CC. The molecule has 0 aliphatic rings. The molecule has 0 radical (unpaired) electrons. The van der Waals surface area contributed by atoms with E-state index in [0.717, 1.165) is 12.8 Å². The summed E-state index contributed by atoms with van der Waals surface area (Å²) < 4.78 is 0. The lowest BCUT2D eigenvalue weighted by atomic mass is 10.1. The molecule has 0 aliphatic heterocycles. The number of Topliss-reactive ketones (excluding diaryl/α,β-unsaturated/α-hetero) is 7. The van der Waals surface area contributed by atoms with Crippen LogP contribution < -0.4 is 0 Å². The van der Waals surface area contributed by atoms with Crippen molar-refractivity contribution >= 4 is 40.5 Å². The maximum atomic E-state index is 11.1. The summed E-state index contributed by atoms with van der Waals surface area (Å²) in [7, 11) is 0. The first-order chi connectivity index (χ1) is 18.3. The molecular weight excluding hydrogens is 496 g/mol. The van der Waals surface area contributed by atoms with Crippen molar-refractivity contribution in [3.05, 3.63) is 0 Å². The lowest BCUT2D eigenvalue weighted by Crippen LogP contribution is -2.04. The summed E-state index contributed by atoms with van der Waals surface area (Å²) in [5.41, 5.74) is 0. The molecule has 39 heavy (non-hydrogen) atoms. The third-order valence-electron chi connectivity index (χ3n) is 5.44. The zero-order valence-corrected chi connectivity index (χ0v) is 27.0. The highest BCUT2D eigenvalue weighted by Crippen LogP contribution is 2.02. The number of ketones is 7. The Bertz CT molecular complexity index is 593. The van der Waals surface area contributed by atoms with Gasteiger partial charge in [0.25, 0.3) is 0 Å². The fourth-order valence-corrected chi connectivity index (χ4v) is 2.17. The molecule has 0 saturated heterocycles. The molecule has 0 spiro atoms. The topological polar surface area (TPSA) is 119 Å². The second-order valence-corrected chi connectivity index (χ2v) is 8.73. The monoisotopic (exact) mass is 556 g/mol. The molecule has 0 aromatic heterocycles. The average Bonchev–Trinajstić information content (AvgIpc) is 2.98. The van der Waals surface area contributed by atoms with E-state index in [0.29, 0.717) is 94.4 Å². The highest BCUT2D eigenvalue weighted by Gasteiger charge is 2.04. The lowest BCUT2D eigenvalue weighted by Gasteiger charge is -1.97. The van der Waals surface area contributed by atoms with Crippen LogP contribution in [0.2, 0.25) is 0 Å². The van der Waals surface area contributed by atoms with Crippen molar-refractivity contribution in [2.24, 2.45) is 0 Å². The summed E-state index contributed by atoms with van der Waals surface area (Å²) in [6.45, 7) is 18.7. The smallest absolute Gasteiger partial charge is 0.139 e. The summed E-state index contributed by atoms with van der Waals surface area (Å²) in [5.74, 6) is 1.54. The molecule has 0 heterocycles. The predicted molar refractivity (Wildman–Crippen MR) is 161 cm³/mol. The molecule has 0 aromatic carbocycles. The maximum Gasteiger partial charge on any atom is 0.139 e. The highest BCUT2D eigenvalue weighted by molar-refractivity contribution is 5.98. The predicted octanol–water partition coefficient (Wildman–Crippen LogP) is 7.97. The Morgan fingerprint density at radius 2 is 0.564 bits per heavy atom. The Labute approximate surface area is 239 Å². The fraction of sp³-hybridized carbons (Fsp3) is 0.781. The lowest BCUT2D eigenvalue weighted by molar-refractivity contribution is -0.127. The van der Waals surface area contributed by atoms with Crippen molar-refractivity contribution in [2.75, 3.05) is 0 Å². The molecule has 0 aromatic rings. The van der Waals surface area contributed by atoms with Gasteiger partial charge in [0.2, 0.25) is 0 Å². The van der Waals surface area contributed by atoms with Gasteiger partial charge in [-0.15, -0.1) is 0 Å². The van der Waals surface area contributed by atoms with Crippen LogP contribution in [0.1, 0.15) is 166 Å². The van der Waals surface area contributed by atoms with Crippen LogP contribution >= 0.6 is 0 Å². The van der Waals surface area contributed by atoms with Gasteiger partial charge >= 0.3 is 0 Å². The number of hydrogen-bond donors (Lipinski definition) is 0. The number of carbonyl (C=O) groups is 7. The third kappa shape index (κ3) is 49.2. The van der Waals surface area contributed by atoms with Gasteiger partial charge < -0.3 is 0 Å². The number of unbranched alkanes of at least 4 members (excludes halogenated alkanes) is 1. The van der Waals surface area contributed by atoms with Crippen molar-refractivity contribution < 1.29 is 33.6 Å². The molecule has 0 fully saturated rings. The van der Waals surface area contributed by atoms with Crippen LogP contribution in [0.15, 0.2) is 0 Å². The second-order valence-electron chi connectivity index (χ2n) is 8.73. The van der Waals surface area contributed by atoms with E-state index in [-0.39, 0.29) is 29.6 Å². The first-order valence-electron chi connectivity index (χ1n) is 14.9. The van der Waals surface area contributed by atoms with Gasteiger partial charge in [-0.25, -0.2) is 0 Å². The van der Waals surface area contributed by atoms with E-state index >= 15 is 0 Å². The average molecular weight is 557 g/mol. The van der Waals surface area contributed by atoms with E-state index in [2.05, 4.69) is 6.92 Å². The molecule has 0 amide bonds. The van der Waals surface area contributed by atoms with Gasteiger partial charge in [-0.05, 0) is 6.42 Å². The van der Waals surface area contributed by atoms with Crippen molar-refractivity contribution in [1.29, 1.82) is 0 Å². The number of rotatable bonds is 17. The van der Waals surface area contributed by atoms with Crippen LogP contribution in [-0.4, -0.2) is 40.5 Å². The fourth-order valence-electron chi connectivity index (χ4n) is 2.17. The molecule has 7 heteroatoms. The maximum absolute atomic E-state index is 11.1. The minimum atomic E-state index is 0.0434. The van der Waals surface area contributed by atoms with Gasteiger partial charge in [0.15, 0.2) is 0 Å². The molecule has 0 unspecified atom stereocenters. The Balaban J connectivity index is -0.000000128. The second kappa shape index (κ2) is 37.8. The molecule has 0 bridgehead atoms. The van der Waals surface area contributed by atoms with Gasteiger partial charge in [0.1, 0.15) is 40.5 Å². The summed E-state index contributed by atoms with van der Waals surface area (Å²) in [4.78, 5) is 73.6. The van der Waals surface area contributed by atoms with E-state index in [4.69, 9.17) is 0 Å². The Morgan fingerprint density at radius 1 is 0.308 bits per heavy atom. The standard InChI is InChI=1S/C10H18O2.C7H12O2.3C5H10O/c1-3-5-6-10(12)8-7-9(11)4-2;1-3-6(8)5-7(9)4-2;3*1-3-5(6)4-2/h3-8H2,1-2H3;3-5H2,1-2H3;3*3-4H2,1-2H3. The number of carbonyl (C=O) groups excluding carboxylic acids is 7. The largest absolute Gasteiger partial charge is 0.300 e. The van der Waals surface area contributed by atoms with Gasteiger partial charge in [-0.1, -0.05) is 75.7 Å². The third-order valence-corrected chi connectivity index (χ3v) is 5.44. The first kappa shape index (κ1) is 46.5. The first-order valence-corrected chi connectivity index (χ1v) is 14.9.